The third-order valence-electron chi connectivity index (χ3n) is 3.09. The van der Waals surface area contributed by atoms with Crippen LogP contribution in [0.1, 0.15) is 12.5 Å². The Kier molecular flexibility index (Phi) is 5.67. The third-order valence-corrected chi connectivity index (χ3v) is 3.39. The molecule has 0 saturated carbocycles. The quantitative estimate of drug-likeness (QED) is 0.887. The minimum Gasteiger partial charge on any atom is -0.492 e. The van der Waals surface area contributed by atoms with Crippen LogP contribution in [0.15, 0.2) is 48.5 Å². The highest BCUT2D eigenvalue weighted by Gasteiger charge is 2.10. The van der Waals surface area contributed by atoms with E-state index in [2.05, 4.69) is 5.32 Å². The number of halogens is 1. The number of rotatable bonds is 5. The molecule has 0 radical (unpaired) electrons. The first-order chi connectivity index (χ1) is 10.6. The molecule has 0 aliphatic carbocycles. The van der Waals surface area contributed by atoms with Crippen LogP contribution in [0.3, 0.4) is 0 Å². The lowest BCUT2D eigenvalue weighted by atomic mass is 10.2. The second-order valence-electron chi connectivity index (χ2n) is 4.85. The van der Waals surface area contributed by atoms with Gasteiger partial charge in [0, 0.05) is 19.3 Å². The summed E-state index contributed by atoms with van der Waals surface area (Å²) in [5, 5.41) is 3.30. The zero-order valence-electron chi connectivity index (χ0n) is 12.7. The van der Waals surface area contributed by atoms with E-state index in [1.54, 1.807) is 30.1 Å². The van der Waals surface area contributed by atoms with Gasteiger partial charge in [-0.1, -0.05) is 41.9 Å². The van der Waals surface area contributed by atoms with Gasteiger partial charge in [-0.15, -0.1) is 0 Å². The van der Waals surface area contributed by atoms with Crippen LogP contribution in [0.4, 0.5) is 10.5 Å². The van der Waals surface area contributed by atoms with Crippen molar-refractivity contribution >= 4 is 23.3 Å². The van der Waals surface area contributed by atoms with Crippen molar-refractivity contribution in [3.63, 3.8) is 0 Å². The van der Waals surface area contributed by atoms with E-state index in [1.807, 2.05) is 37.3 Å². The maximum absolute atomic E-state index is 12.2. The molecule has 0 unspecified atom stereocenters. The van der Waals surface area contributed by atoms with E-state index in [0.717, 1.165) is 5.56 Å². The van der Waals surface area contributed by atoms with Gasteiger partial charge in [-0.25, -0.2) is 4.79 Å². The van der Waals surface area contributed by atoms with Crippen molar-refractivity contribution in [1.29, 1.82) is 0 Å². The van der Waals surface area contributed by atoms with Crippen LogP contribution >= 0.6 is 11.6 Å². The number of urea groups is 1. The fourth-order valence-electron chi connectivity index (χ4n) is 2.00. The second kappa shape index (κ2) is 7.71. The molecule has 0 aliphatic rings. The van der Waals surface area contributed by atoms with Crippen LogP contribution < -0.4 is 10.1 Å². The molecule has 0 saturated heterocycles. The fourth-order valence-corrected chi connectivity index (χ4v) is 2.23. The van der Waals surface area contributed by atoms with Crippen molar-refractivity contribution < 1.29 is 9.53 Å². The number of nitrogens with one attached hydrogen (secondary N) is 1. The average molecular weight is 319 g/mol. The molecular formula is C17H19ClN2O2. The largest absolute Gasteiger partial charge is 0.492 e. The SMILES string of the molecule is CCOc1ccc(NC(=O)N(C)Cc2ccccc2)cc1Cl. The molecule has 2 amide bonds. The summed E-state index contributed by atoms with van der Waals surface area (Å²) in [7, 11) is 1.75. The standard InChI is InChI=1S/C17H19ClN2O2/c1-3-22-16-10-9-14(11-15(16)18)19-17(21)20(2)12-13-7-5-4-6-8-13/h4-11H,3,12H2,1-2H3,(H,19,21). The summed E-state index contributed by atoms with van der Waals surface area (Å²) >= 11 is 6.11. The number of ether oxygens (including phenoxy) is 1. The van der Waals surface area contributed by atoms with Crippen molar-refractivity contribution in [3.05, 3.63) is 59.1 Å². The molecule has 5 heteroatoms. The Hall–Kier alpha value is -2.20. The van der Waals surface area contributed by atoms with E-state index in [9.17, 15) is 4.79 Å². The Morgan fingerprint density at radius 2 is 1.95 bits per heavy atom. The molecule has 2 rings (SSSR count). The molecule has 22 heavy (non-hydrogen) atoms. The number of anilines is 1. The third kappa shape index (κ3) is 4.40. The number of carbonyl (C=O) groups is 1. The minimum absolute atomic E-state index is 0.191. The van der Waals surface area contributed by atoms with Gasteiger partial charge in [-0.3, -0.25) is 0 Å². The molecule has 0 bridgehead atoms. The van der Waals surface area contributed by atoms with Gasteiger partial charge in [-0.05, 0) is 30.7 Å². The first kappa shape index (κ1) is 16.2. The lowest BCUT2D eigenvalue weighted by Crippen LogP contribution is -2.30. The number of hydrogen-bond acceptors (Lipinski definition) is 2. The monoisotopic (exact) mass is 318 g/mol. The highest BCUT2D eigenvalue weighted by Crippen LogP contribution is 2.27. The molecule has 2 aromatic rings. The van der Waals surface area contributed by atoms with Crippen molar-refractivity contribution in [2.75, 3.05) is 19.0 Å². The molecule has 0 heterocycles. The summed E-state index contributed by atoms with van der Waals surface area (Å²) in [6, 6.07) is 14.8. The Labute approximate surface area is 135 Å². The van der Waals surface area contributed by atoms with E-state index in [0.29, 0.717) is 29.6 Å². The lowest BCUT2D eigenvalue weighted by molar-refractivity contribution is 0.220. The van der Waals surface area contributed by atoms with Gasteiger partial charge in [0.1, 0.15) is 5.75 Å². The van der Waals surface area contributed by atoms with Crippen molar-refractivity contribution in [3.8, 4) is 5.75 Å². The van der Waals surface area contributed by atoms with Gasteiger partial charge in [0.05, 0.1) is 11.6 Å². The van der Waals surface area contributed by atoms with Gasteiger partial charge in [-0.2, -0.15) is 0 Å². The van der Waals surface area contributed by atoms with E-state index in [-0.39, 0.29) is 6.03 Å². The molecular weight excluding hydrogens is 300 g/mol. The average Bonchev–Trinajstić information content (AvgIpc) is 2.51. The number of amides is 2. The van der Waals surface area contributed by atoms with Crippen molar-refractivity contribution in [2.45, 2.75) is 13.5 Å². The van der Waals surface area contributed by atoms with E-state index in [1.165, 1.54) is 0 Å². The highest BCUT2D eigenvalue weighted by atomic mass is 35.5. The normalized spacial score (nSPS) is 10.1. The van der Waals surface area contributed by atoms with Crippen LogP contribution in [-0.2, 0) is 6.54 Å². The maximum Gasteiger partial charge on any atom is 0.321 e. The molecule has 0 fully saturated rings. The smallest absolute Gasteiger partial charge is 0.321 e. The summed E-state index contributed by atoms with van der Waals surface area (Å²) < 4.78 is 5.37. The van der Waals surface area contributed by atoms with Gasteiger partial charge in [0.15, 0.2) is 0 Å². The van der Waals surface area contributed by atoms with Crippen LogP contribution in [0.25, 0.3) is 0 Å². The minimum atomic E-state index is -0.191. The predicted octanol–water partition coefficient (Wildman–Crippen LogP) is 4.40. The number of nitrogens with zero attached hydrogens (tertiary/aromatic N) is 1. The summed E-state index contributed by atoms with van der Waals surface area (Å²) in [5.41, 5.74) is 1.71. The van der Waals surface area contributed by atoms with Gasteiger partial charge in [0.25, 0.3) is 0 Å². The zero-order chi connectivity index (χ0) is 15.9. The van der Waals surface area contributed by atoms with Gasteiger partial charge < -0.3 is 15.0 Å². The number of hydrogen-bond donors (Lipinski definition) is 1. The Morgan fingerprint density at radius 1 is 1.23 bits per heavy atom. The predicted molar refractivity (Wildman–Crippen MR) is 89.5 cm³/mol. The molecule has 0 atom stereocenters. The molecule has 4 nitrogen and oxygen atoms in total. The first-order valence-corrected chi connectivity index (χ1v) is 7.46. The number of benzene rings is 2. The van der Waals surface area contributed by atoms with Crippen LogP contribution in [0, 0.1) is 0 Å². The number of carbonyl (C=O) groups excluding carboxylic acids is 1. The second-order valence-corrected chi connectivity index (χ2v) is 5.26. The summed E-state index contributed by atoms with van der Waals surface area (Å²) in [6.07, 6.45) is 0. The topological polar surface area (TPSA) is 41.6 Å². The van der Waals surface area contributed by atoms with Crippen LogP contribution in [0.5, 0.6) is 5.75 Å². The van der Waals surface area contributed by atoms with E-state index in [4.69, 9.17) is 16.3 Å². The van der Waals surface area contributed by atoms with E-state index < -0.39 is 0 Å². The molecule has 0 aromatic heterocycles. The summed E-state index contributed by atoms with van der Waals surface area (Å²) in [6.45, 7) is 2.98. The molecule has 0 aliphatic heterocycles. The molecule has 2 aromatic carbocycles. The molecule has 116 valence electrons. The van der Waals surface area contributed by atoms with Gasteiger partial charge in [0.2, 0.25) is 0 Å². The Morgan fingerprint density at radius 3 is 2.59 bits per heavy atom. The molecule has 0 spiro atoms. The summed E-state index contributed by atoms with van der Waals surface area (Å²) in [4.78, 5) is 13.8. The first-order valence-electron chi connectivity index (χ1n) is 7.08. The Balaban J connectivity index is 1.97. The maximum atomic E-state index is 12.2. The van der Waals surface area contributed by atoms with Crippen LogP contribution in [0.2, 0.25) is 5.02 Å². The van der Waals surface area contributed by atoms with E-state index >= 15 is 0 Å². The molecule has 1 N–H and O–H groups in total. The van der Waals surface area contributed by atoms with Crippen molar-refractivity contribution in [2.24, 2.45) is 0 Å². The zero-order valence-corrected chi connectivity index (χ0v) is 13.4. The van der Waals surface area contributed by atoms with Crippen LogP contribution in [-0.4, -0.2) is 24.6 Å². The van der Waals surface area contributed by atoms with Gasteiger partial charge >= 0.3 is 6.03 Å². The Bertz CT molecular complexity index is 632. The lowest BCUT2D eigenvalue weighted by Gasteiger charge is -2.18. The highest BCUT2D eigenvalue weighted by molar-refractivity contribution is 6.32. The van der Waals surface area contributed by atoms with Crippen molar-refractivity contribution in [1.82, 2.24) is 4.90 Å². The summed E-state index contributed by atoms with van der Waals surface area (Å²) in [5.74, 6) is 0.611. The fraction of sp³-hybridized carbons (Fsp3) is 0.235.